The molecular weight excluding hydrogens is 366 g/mol. The van der Waals surface area contributed by atoms with Crippen LogP contribution in [-0.2, 0) is 11.3 Å². The lowest BCUT2D eigenvalue weighted by Gasteiger charge is -2.25. The van der Waals surface area contributed by atoms with Crippen molar-refractivity contribution in [1.82, 2.24) is 25.4 Å². The van der Waals surface area contributed by atoms with Gasteiger partial charge < -0.3 is 10.2 Å². The molecule has 1 atom stereocenters. The molecule has 0 spiro atoms. The molecule has 1 saturated heterocycles. The van der Waals surface area contributed by atoms with Gasteiger partial charge in [-0.25, -0.2) is 0 Å². The molecule has 0 unspecified atom stereocenters. The van der Waals surface area contributed by atoms with E-state index in [0.29, 0.717) is 25.2 Å². The highest BCUT2D eigenvalue weighted by Gasteiger charge is 2.28. The maximum absolute atomic E-state index is 13.4. The molecule has 1 aromatic carbocycles. The average molecular weight is 389 g/mol. The van der Waals surface area contributed by atoms with Crippen LogP contribution >= 0.6 is 0 Å². The molecule has 3 heterocycles. The zero-order valence-corrected chi connectivity index (χ0v) is 16.3. The Bertz CT molecular complexity index is 1000. The molecule has 7 heteroatoms. The van der Waals surface area contributed by atoms with E-state index in [4.69, 9.17) is 0 Å². The Morgan fingerprint density at radius 3 is 2.66 bits per heavy atom. The summed E-state index contributed by atoms with van der Waals surface area (Å²) in [6.45, 7) is 2.70. The lowest BCUT2D eigenvalue weighted by atomic mass is 10.1. The Labute approximate surface area is 169 Å². The largest absolute Gasteiger partial charge is 0.352 e. The second kappa shape index (κ2) is 8.26. The molecule has 0 saturated carbocycles. The third kappa shape index (κ3) is 4.18. The molecular formula is C22H23N5O2. The predicted molar refractivity (Wildman–Crippen MR) is 109 cm³/mol. The fourth-order valence-corrected chi connectivity index (χ4v) is 3.63. The second-order valence-corrected chi connectivity index (χ2v) is 7.25. The van der Waals surface area contributed by atoms with Gasteiger partial charge in [0.25, 0.3) is 5.91 Å². The first-order valence-electron chi connectivity index (χ1n) is 9.70. The van der Waals surface area contributed by atoms with Gasteiger partial charge in [-0.2, -0.15) is 5.10 Å². The Hall–Kier alpha value is -3.48. The Morgan fingerprint density at radius 2 is 1.97 bits per heavy atom. The molecule has 2 amide bonds. The van der Waals surface area contributed by atoms with Gasteiger partial charge in [0.15, 0.2) is 0 Å². The highest BCUT2D eigenvalue weighted by Crippen LogP contribution is 2.24. The number of hydrogen-bond donors (Lipinski definition) is 2. The molecule has 2 aromatic heterocycles. The fraction of sp³-hybridized carbons (Fsp3) is 0.273. The van der Waals surface area contributed by atoms with E-state index in [1.165, 1.54) is 0 Å². The molecule has 1 aliphatic rings. The van der Waals surface area contributed by atoms with E-state index in [1.54, 1.807) is 11.1 Å². The van der Waals surface area contributed by atoms with Crippen molar-refractivity contribution in [1.29, 1.82) is 0 Å². The molecule has 2 N–H and O–H groups in total. The SMILES string of the molecule is Cc1c(-c2ccccc2)n[nH]c1C(=O)N(Cc1ccccn1)C[C@@H]1CCC(=O)N1. The van der Waals surface area contributed by atoms with Crippen LogP contribution in [0.25, 0.3) is 11.3 Å². The van der Waals surface area contributed by atoms with E-state index in [1.807, 2.05) is 55.5 Å². The lowest BCUT2D eigenvalue weighted by Crippen LogP contribution is -2.42. The minimum Gasteiger partial charge on any atom is -0.352 e. The molecule has 148 valence electrons. The molecule has 3 aromatic rings. The van der Waals surface area contributed by atoms with Crippen molar-refractivity contribution in [2.45, 2.75) is 32.4 Å². The van der Waals surface area contributed by atoms with E-state index in [2.05, 4.69) is 20.5 Å². The monoisotopic (exact) mass is 389 g/mol. The van der Waals surface area contributed by atoms with Crippen LogP contribution in [0.15, 0.2) is 54.7 Å². The van der Waals surface area contributed by atoms with Crippen LogP contribution in [0.3, 0.4) is 0 Å². The standard InChI is InChI=1S/C22H23N5O2/c1-15-20(16-7-3-2-4-8-16)25-26-21(15)22(29)27(13-17-9-5-6-12-23-17)14-18-10-11-19(28)24-18/h2-9,12,18H,10-11,13-14H2,1H3,(H,24,28)(H,25,26)/t18-/m0/s1. The van der Waals surface area contributed by atoms with Gasteiger partial charge in [-0.05, 0) is 25.5 Å². The number of rotatable bonds is 6. The minimum absolute atomic E-state index is 0.0318. The van der Waals surface area contributed by atoms with Crippen LogP contribution in [0.2, 0.25) is 0 Å². The zero-order valence-electron chi connectivity index (χ0n) is 16.3. The van der Waals surface area contributed by atoms with Gasteiger partial charge >= 0.3 is 0 Å². The number of aromatic nitrogens is 3. The maximum atomic E-state index is 13.4. The molecule has 7 nitrogen and oxygen atoms in total. The molecule has 0 aliphatic carbocycles. The summed E-state index contributed by atoms with van der Waals surface area (Å²) in [6, 6.07) is 15.4. The first-order valence-corrected chi connectivity index (χ1v) is 9.70. The minimum atomic E-state index is -0.149. The summed E-state index contributed by atoms with van der Waals surface area (Å²) in [5.74, 6) is -0.117. The quantitative estimate of drug-likeness (QED) is 0.678. The van der Waals surface area contributed by atoms with E-state index >= 15 is 0 Å². The molecule has 0 radical (unpaired) electrons. The van der Waals surface area contributed by atoms with Crippen molar-refractivity contribution in [2.24, 2.45) is 0 Å². The molecule has 0 bridgehead atoms. The van der Waals surface area contributed by atoms with Crippen molar-refractivity contribution >= 4 is 11.8 Å². The van der Waals surface area contributed by atoms with Crippen molar-refractivity contribution < 1.29 is 9.59 Å². The predicted octanol–water partition coefficient (Wildman–Crippen LogP) is 2.70. The van der Waals surface area contributed by atoms with Crippen molar-refractivity contribution in [2.75, 3.05) is 6.54 Å². The van der Waals surface area contributed by atoms with Crippen LogP contribution < -0.4 is 5.32 Å². The Balaban J connectivity index is 1.60. The molecule has 1 aliphatic heterocycles. The van der Waals surface area contributed by atoms with Crippen molar-refractivity contribution in [3.63, 3.8) is 0 Å². The van der Waals surface area contributed by atoms with Crippen molar-refractivity contribution in [3.05, 3.63) is 71.7 Å². The summed E-state index contributed by atoms with van der Waals surface area (Å²) in [5, 5.41) is 10.2. The topological polar surface area (TPSA) is 91.0 Å². The van der Waals surface area contributed by atoms with Gasteiger partial charge in [0, 0.05) is 36.3 Å². The third-order valence-electron chi connectivity index (χ3n) is 5.16. The summed E-state index contributed by atoms with van der Waals surface area (Å²) < 4.78 is 0. The first-order chi connectivity index (χ1) is 14.1. The van der Waals surface area contributed by atoms with Gasteiger partial charge in [-0.15, -0.1) is 0 Å². The number of benzene rings is 1. The smallest absolute Gasteiger partial charge is 0.272 e. The van der Waals surface area contributed by atoms with Crippen molar-refractivity contribution in [3.8, 4) is 11.3 Å². The number of aromatic amines is 1. The number of carbonyl (C=O) groups excluding carboxylic acids is 2. The summed E-state index contributed by atoms with van der Waals surface area (Å²) in [5.41, 5.74) is 3.79. The molecule has 4 rings (SSSR count). The third-order valence-corrected chi connectivity index (χ3v) is 5.16. The number of H-pyrrole nitrogens is 1. The van der Waals surface area contributed by atoms with Gasteiger partial charge in [0.2, 0.25) is 5.91 Å². The van der Waals surface area contributed by atoms with E-state index < -0.39 is 0 Å². The Kier molecular flexibility index (Phi) is 5.37. The number of amides is 2. The van der Waals surface area contributed by atoms with Gasteiger partial charge in [-0.3, -0.25) is 19.7 Å². The van der Waals surface area contributed by atoms with Gasteiger partial charge in [0.1, 0.15) is 5.69 Å². The number of nitrogens with one attached hydrogen (secondary N) is 2. The molecule has 29 heavy (non-hydrogen) atoms. The Morgan fingerprint density at radius 1 is 1.17 bits per heavy atom. The summed E-state index contributed by atoms with van der Waals surface area (Å²) in [4.78, 5) is 31.1. The van der Waals surface area contributed by atoms with Crippen LogP contribution in [0.4, 0.5) is 0 Å². The summed E-state index contributed by atoms with van der Waals surface area (Å²) in [6.07, 6.45) is 2.93. The average Bonchev–Trinajstić information content (AvgIpc) is 3.33. The van der Waals surface area contributed by atoms with E-state index in [-0.39, 0.29) is 17.9 Å². The summed E-state index contributed by atoms with van der Waals surface area (Å²) >= 11 is 0. The second-order valence-electron chi connectivity index (χ2n) is 7.25. The molecule has 1 fully saturated rings. The lowest BCUT2D eigenvalue weighted by molar-refractivity contribution is -0.119. The highest BCUT2D eigenvalue weighted by atomic mass is 16.2. The fourth-order valence-electron chi connectivity index (χ4n) is 3.63. The van der Waals surface area contributed by atoms with Crippen LogP contribution in [-0.4, -0.2) is 44.5 Å². The highest BCUT2D eigenvalue weighted by molar-refractivity contribution is 5.95. The number of carbonyl (C=O) groups is 2. The van der Waals surface area contributed by atoms with E-state index in [0.717, 1.165) is 28.9 Å². The van der Waals surface area contributed by atoms with Crippen LogP contribution in [0.1, 0.15) is 34.6 Å². The number of nitrogens with zero attached hydrogens (tertiary/aromatic N) is 3. The summed E-state index contributed by atoms with van der Waals surface area (Å²) in [7, 11) is 0. The van der Waals surface area contributed by atoms with Gasteiger partial charge in [-0.1, -0.05) is 36.4 Å². The van der Waals surface area contributed by atoms with E-state index in [9.17, 15) is 9.59 Å². The van der Waals surface area contributed by atoms with Gasteiger partial charge in [0.05, 0.1) is 17.9 Å². The van der Waals surface area contributed by atoms with Crippen LogP contribution in [0, 0.1) is 6.92 Å². The van der Waals surface area contributed by atoms with Crippen LogP contribution in [0.5, 0.6) is 0 Å². The first kappa shape index (κ1) is 18.9. The number of pyridine rings is 1. The zero-order chi connectivity index (χ0) is 20.2. The maximum Gasteiger partial charge on any atom is 0.272 e. The normalized spacial score (nSPS) is 15.9. The number of hydrogen-bond acceptors (Lipinski definition) is 4.